The highest BCUT2D eigenvalue weighted by Gasteiger charge is 2.04. The van der Waals surface area contributed by atoms with E-state index in [9.17, 15) is 0 Å². The normalized spacial score (nSPS) is 10.1. The Morgan fingerprint density at radius 3 is 2.50 bits per heavy atom. The van der Waals surface area contributed by atoms with Gasteiger partial charge in [0.25, 0.3) is 0 Å². The Hall–Kier alpha value is -0.980. The molecule has 1 heterocycles. The SMILES string of the molecule is OCCN(CCO)c1ccnc(=S)[nH]1. The number of nitrogens with zero attached hydrogens (tertiary/aromatic N) is 2. The molecule has 0 fully saturated rings. The number of H-pyrrole nitrogens is 1. The first-order valence-electron chi connectivity index (χ1n) is 4.30. The highest BCUT2D eigenvalue weighted by Crippen LogP contribution is 2.07. The molecule has 0 atom stereocenters. The van der Waals surface area contributed by atoms with Gasteiger partial charge >= 0.3 is 0 Å². The molecule has 0 aromatic carbocycles. The van der Waals surface area contributed by atoms with E-state index < -0.39 is 0 Å². The largest absolute Gasteiger partial charge is 0.395 e. The molecule has 0 spiro atoms. The van der Waals surface area contributed by atoms with Gasteiger partial charge in [-0.2, -0.15) is 0 Å². The number of aromatic nitrogens is 2. The van der Waals surface area contributed by atoms with Gasteiger partial charge in [-0.3, -0.25) is 0 Å². The van der Waals surface area contributed by atoms with Crippen LogP contribution in [0.15, 0.2) is 12.3 Å². The van der Waals surface area contributed by atoms with Gasteiger partial charge in [-0.1, -0.05) is 0 Å². The van der Waals surface area contributed by atoms with Crippen molar-refractivity contribution in [2.75, 3.05) is 31.2 Å². The van der Waals surface area contributed by atoms with Crippen LogP contribution in [0.5, 0.6) is 0 Å². The molecule has 1 aromatic rings. The molecule has 0 aliphatic rings. The van der Waals surface area contributed by atoms with E-state index in [0.29, 0.717) is 17.9 Å². The predicted molar refractivity (Wildman–Crippen MR) is 55.8 cm³/mol. The van der Waals surface area contributed by atoms with Gasteiger partial charge in [-0.15, -0.1) is 0 Å². The van der Waals surface area contributed by atoms with Crippen LogP contribution in [0.25, 0.3) is 0 Å². The van der Waals surface area contributed by atoms with Crippen molar-refractivity contribution in [1.29, 1.82) is 0 Å². The molecular weight excluding hydrogens is 202 g/mol. The summed E-state index contributed by atoms with van der Waals surface area (Å²) in [6.45, 7) is 0.970. The van der Waals surface area contributed by atoms with Gasteiger partial charge < -0.3 is 20.1 Å². The Balaban J connectivity index is 2.81. The monoisotopic (exact) mass is 215 g/mol. The Kier molecular flexibility index (Phi) is 4.51. The number of aliphatic hydroxyl groups excluding tert-OH is 2. The Morgan fingerprint density at radius 2 is 2.00 bits per heavy atom. The summed E-state index contributed by atoms with van der Waals surface area (Å²) in [6, 6.07) is 1.75. The van der Waals surface area contributed by atoms with Crippen molar-refractivity contribution in [3.63, 3.8) is 0 Å². The summed E-state index contributed by atoms with van der Waals surface area (Å²) in [5, 5.41) is 17.6. The fourth-order valence-corrected chi connectivity index (χ4v) is 1.30. The van der Waals surface area contributed by atoms with E-state index in [1.54, 1.807) is 17.2 Å². The van der Waals surface area contributed by atoms with Crippen molar-refractivity contribution in [2.45, 2.75) is 0 Å². The average Bonchev–Trinajstić information content (AvgIpc) is 2.17. The molecule has 78 valence electrons. The molecule has 0 radical (unpaired) electrons. The third-order valence-corrected chi connectivity index (χ3v) is 1.95. The van der Waals surface area contributed by atoms with Crippen LogP contribution < -0.4 is 4.90 Å². The van der Waals surface area contributed by atoms with Crippen molar-refractivity contribution in [2.24, 2.45) is 0 Å². The molecule has 3 N–H and O–H groups in total. The summed E-state index contributed by atoms with van der Waals surface area (Å²) in [6.07, 6.45) is 1.59. The van der Waals surface area contributed by atoms with E-state index in [1.165, 1.54) is 0 Å². The number of rotatable bonds is 5. The van der Waals surface area contributed by atoms with Crippen molar-refractivity contribution in [3.8, 4) is 0 Å². The zero-order chi connectivity index (χ0) is 10.4. The summed E-state index contributed by atoms with van der Waals surface area (Å²) in [4.78, 5) is 8.54. The van der Waals surface area contributed by atoms with Crippen molar-refractivity contribution in [1.82, 2.24) is 9.97 Å². The third kappa shape index (κ3) is 3.06. The second kappa shape index (κ2) is 5.69. The van der Waals surface area contributed by atoms with Crippen LogP contribution in [-0.2, 0) is 0 Å². The molecule has 14 heavy (non-hydrogen) atoms. The molecule has 0 bridgehead atoms. The molecule has 0 saturated carbocycles. The quantitative estimate of drug-likeness (QED) is 0.600. The lowest BCUT2D eigenvalue weighted by Gasteiger charge is -2.21. The van der Waals surface area contributed by atoms with E-state index in [1.807, 2.05) is 0 Å². The minimum absolute atomic E-state index is 0.0307. The van der Waals surface area contributed by atoms with Crippen molar-refractivity contribution >= 4 is 18.0 Å². The van der Waals surface area contributed by atoms with Crippen LogP contribution in [0, 0.1) is 4.77 Å². The van der Waals surface area contributed by atoms with Crippen LogP contribution in [0.3, 0.4) is 0 Å². The van der Waals surface area contributed by atoms with Gasteiger partial charge in [0.1, 0.15) is 5.82 Å². The average molecular weight is 215 g/mol. The lowest BCUT2D eigenvalue weighted by atomic mass is 10.4. The molecule has 0 amide bonds. The summed E-state index contributed by atoms with van der Waals surface area (Å²) >= 11 is 4.87. The standard InChI is InChI=1S/C8H13N3O2S/c12-5-3-11(4-6-13)7-1-2-9-8(14)10-7/h1-2,12-13H,3-6H2,(H,9,10,14). The third-order valence-electron chi connectivity index (χ3n) is 1.74. The van der Waals surface area contributed by atoms with E-state index in [4.69, 9.17) is 22.4 Å². The van der Waals surface area contributed by atoms with Crippen molar-refractivity contribution in [3.05, 3.63) is 17.0 Å². The maximum Gasteiger partial charge on any atom is 0.198 e. The molecule has 0 aliphatic heterocycles. The highest BCUT2D eigenvalue weighted by atomic mass is 32.1. The molecule has 0 unspecified atom stereocenters. The van der Waals surface area contributed by atoms with Crippen LogP contribution in [0.1, 0.15) is 0 Å². The van der Waals surface area contributed by atoms with Gasteiger partial charge in [0.05, 0.1) is 13.2 Å². The molecule has 5 nitrogen and oxygen atoms in total. The zero-order valence-corrected chi connectivity index (χ0v) is 8.50. The predicted octanol–water partition coefficient (Wildman–Crippen LogP) is -0.0698. The number of aromatic amines is 1. The van der Waals surface area contributed by atoms with Crippen molar-refractivity contribution < 1.29 is 10.2 Å². The summed E-state index contributed by atoms with van der Waals surface area (Å²) in [5.41, 5.74) is 0. The number of anilines is 1. The van der Waals surface area contributed by atoms with E-state index in [2.05, 4.69) is 9.97 Å². The number of nitrogens with one attached hydrogen (secondary N) is 1. The fourth-order valence-electron chi connectivity index (χ4n) is 1.14. The molecule has 1 rings (SSSR count). The molecule has 6 heteroatoms. The summed E-state index contributed by atoms with van der Waals surface area (Å²) in [7, 11) is 0. The Morgan fingerprint density at radius 1 is 1.36 bits per heavy atom. The highest BCUT2D eigenvalue weighted by molar-refractivity contribution is 7.71. The van der Waals surface area contributed by atoms with Crippen LogP contribution in [0.4, 0.5) is 5.82 Å². The molecule has 1 aromatic heterocycles. The van der Waals surface area contributed by atoms with Crippen LogP contribution >= 0.6 is 12.2 Å². The van der Waals surface area contributed by atoms with E-state index in [0.717, 1.165) is 5.82 Å². The number of hydrogen-bond acceptors (Lipinski definition) is 5. The molecular formula is C8H13N3O2S. The molecule has 0 aliphatic carbocycles. The minimum atomic E-state index is 0.0307. The van der Waals surface area contributed by atoms with E-state index >= 15 is 0 Å². The first kappa shape index (κ1) is 11.1. The van der Waals surface area contributed by atoms with Crippen LogP contribution in [0.2, 0.25) is 0 Å². The minimum Gasteiger partial charge on any atom is -0.395 e. The Bertz CT molecular complexity index is 322. The fraction of sp³-hybridized carbons (Fsp3) is 0.500. The maximum atomic E-state index is 8.82. The topological polar surface area (TPSA) is 72.4 Å². The van der Waals surface area contributed by atoms with E-state index in [-0.39, 0.29) is 13.2 Å². The van der Waals surface area contributed by atoms with Gasteiger partial charge in [-0.25, -0.2) is 4.98 Å². The second-order valence-electron chi connectivity index (χ2n) is 2.69. The first-order chi connectivity index (χ1) is 6.77. The lowest BCUT2D eigenvalue weighted by molar-refractivity contribution is 0.280. The number of aliphatic hydroxyl groups is 2. The second-order valence-corrected chi connectivity index (χ2v) is 3.08. The lowest BCUT2D eigenvalue weighted by Crippen LogP contribution is -2.30. The maximum absolute atomic E-state index is 8.82. The first-order valence-corrected chi connectivity index (χ1v) is 4.70. The van der Waals surface area contributed by atoms with Crippen LogP contribution in [-0.4, -0.2) is 46.5 Å². The smallest absolute Gasteiger partial charge is 0.198 e. The van der Waals surface area contributed by atoms with Gasteiger partial charge in [0, 0.05) is 19.3 Å². The van der Waals surface area contributed by atoms with Gasteiger partial charge in [0.15, 0.2) is 4.77 Å². The summed E-state index contributed by atoms with van der Waals surface area (Å²) in [5.74, 6) is 0.758. The van der Waals surface area contributed by atoms with Gasteiger partial charge in [0.2, 0.25) is 0 Å². The summed E-state index contributed by atoms with van der Waals surface area (Å²) < 4.78 is 0.392. The zero-order valence-electron chi connectivity index (χ0n) is 7.68. The number of hydrogen-bond donors (Lipinski definition) is 3. The molecule has 0 saturated heterocycles. The van der Waals surface area contributed by atoms with Gasteiger partial charge in [-0.05, 0) is 18.3 Å². The Labute approximate surface area is 87.0 Å².